The van der Waals surface area contributed by atoms with Crippen LogP contribution in [0.1, 0.15) is 11.3 Å². The maximum atomic E-state index is 7.38. The van der Waals surface area contributed by atoms with Crippen molar-refractivity contribution in [1.29, 1.82) is 0 Å². The molecule has 242 valence electrons. The molecule has 5 aromatic carbocycles. The van der Waals surface area contributed by atoms with Gasteiger partial charge >= 0.3 is 0 Å². The molecule has 0 aliphatic heterocycles. The summed E-state index contributed by atoms with van der Waals surface area (Å²) in [4.78, 5) is 19.5. The summed E-state index contributed by atoms with van der Waals surface area (Å²) in [6.07, 6.45) is 5.23. The fourth-order valence-corrected chi connectivity index (χ4v) is 6.56. The molecule has 8 rings (SSSR count). The summed E-state index contributed by atoms with van der Waals surface area (Å²) >= 11 is 0. The number of para-hydroxylation sites is 1. The van der Waals surface area contributed by atoms with E-state index in [4.69, 9.17) is 34.1 Å². The quantitative estimate of drug-likeness (QED) is 0.144. The van der Waals surface area contributed by atoms with E-state index in [0.717, 1.165) is 43.9 Å². The maximum absolute atomic E-state index is 7.38. The number of methoxy groups -OCH3 is 2. The lowest BCUT2D eigenvalue weighted by atomic mass is 9.92. The molecule has 7 nitrogen and oxygen atoms in total. The zero-order valence-electron chi connectivity index (χ0n) is 27.5. The van der Waals surface area contributed by atoms with Crippen LogP contribution in [0, 0.1) is 0 Å². The third-order valence-electron chi connectivity index (χ3n) is 8.85. The summed E-state index contributed by atoms with van der Waals surface area (Å²) in [5, 5.41) is 2.94. The number of aromatic nitrogens is 4. The molecule has 0 saturated carbocycles. The molecule has 1 unspecified atom stereocenters. The summed E-state index contributed by atoms with van der Waals surface area (Å²) in [5.41, 5.74) is 5.96. The van der Waals surface area contributed by atoms with Crippen LogP contribution < -0.4 is 9.47 Å². The van der Waals surface area contributed by atoms with Gasteiger partial charge in [-0.25, -0.2) is 15.0 Å². The Balaban J connectivity index is 1.49. The molecule has 0 aliphatic rings. The van der Waals surface area contributed by atoms with Crippen LogP contribution in [0.4, 0.5) is 0 Å². The van der Waals surface area contributed by atoms with Crippen LogP contribution in [0.2, 0.25) is 0 Å². The highest BCUT2D eigenvalue weighted by Crippen LogP contribution is 2.51. The number of rotatable bonds is 9. The van der Waals surface area contributed by atoms with E-state index in [1.165, 1.54) is 0 Å². The molecule has 1 atom stereocenters. The van der Waals surface area contributed by atoms with Gasteiger partial charge in [-0.3, -0.25) is 4.98 Å². The van der Waals surface area contributed by atoms with Crippen LogP contribution in [0.15, 0.2) is 158 Å². The van der Waals surface area contributed by atoms with Gasteiger partial charge in [0.2, 0.25) is 0 Å². The lowest BCUT2D eigenvalue weighted by Crippen LogP contribution is -2.38. The molecule has 0 aliphatic carbocycles. The zero-order chi connectivity index (χ0) is 33.9. The van der Waals surface area contributed by atoms with Crippen LogP contribution in [-0.2, 0) is 10.5 Å². The molecule has 0 radical (unpaired) electrons. The first-order valence-corrected chi connectivity index (χ1v) is 16.3. The van der Waals surface area contributed by atoms with E-state index in [9.17, 15) is 0 Å². The van der Waals surface area contributed by atoms with Gasteiger partial charge in [-0.05, 0) is 41.3 Å². The van der Waals surface area contributed by atoms with Crippen molar-refractivity contribution >= 4 is 21.7 Å². The standard InChI is InChI=1S/C43H32N4O3/c1-48-40-34(36-23-22-30-15-10-12-21-35(30)47-36)28-37(39(42-45-25-13-26-46-42)38(40)31-16-5-3-6-17-31)50-43(49-2,32-18-7-4-8-19-32)41-33-20-11-9-14-29(33)24-27-44-41/h3-28H,1-2H3. The van der Waals surface area contributed by atoms with E-state index in [1.54, 1.807) is 38.9 Å². The minimum Gasteiger partial charge on any atom is -0.495 e. The summed E-state index contributed by atoms with van der Waals surface area (Å²) < 4.78 is 20.2. The van der Waals surface area contributed by atoms with E-state index in [1.807, 2.05) is 121 Å². The van der Waals surface area contributed by atoms with E-state index in [-0.39, 0.29) is 0 Å². The highest BCUT2D eigenvalue weighted by molar-refractivity contribution is 5.96. The highest BCUT2D eigenvalue weighted by atomic mass is 16.7. The first-order chi connectivity index (χ1) is 24.7. The molecule has 0 amide bonds. The van der Waals surface area contributed by atoms with Crippen LogP contribution in [0.3, 0.4) is 0 Å². The SMILES string of the molecule is COc1c(-c2ccc3ccccc3n2)cc(OC(OC)(c2ccccc2)c2nccc3ccccc23)c(-c2ncccn2)c1-c1ccccc1. The Bertz CT molecular complexity index is 2430. The van der Waals surface area contributed by atoms with Gasteiger partial charge in [0, 0.05) is 53.2 Å². The van der Waals surface area contributed by atoms with Gasteiger partial charge in [0.25, 0.3) is 5.79 Å². The smallest absolute Gasteiger partial charge is 0.281 e. The second kappa shape index (κ2) is 13.2. The predicted molar refractivity (Wildman–Crippen MR) is 197 cm³/mol. The van der Waals surface area contributed by atoms with Crippen LogP contribution >= 0.6 is 0 Å². The minimum atomic E-state index is -1.50. The van der Waals surface area contributed by atoms with Crippen molar-refractivity contribution < 1.29 is 14.2 Å². The molecule has 3 aromatic heterocycles. The molecule has 7 heteroatoms. The molecular formula is C43H32N4O3. The van der Waals surface area contributed by atoms with Crippen molar-refractivity contribution in [3.05, 3.63) is 169 Å². The third kappa shape index (κ3) is 5.40. The van der Waals surface area contributed by atoms with Crippen LogP contribution in [0.25, 0.3) is 55.4 Å². The van der Waals surface area contributed by atoms with Gasteiger partial charge in [-0.15, -0.1) is 0 Å². The highest BCUT2D eigenvalue weighted by Gasteiger charge is 2.42. The predicted octanol–water partition coefficient (Wildman–Crippen LogP) is 9.51. The number of hydrogen-bond donors (Lipinski definition) is 0. The van der Waals surface area contributed by atoms with Crippen molar-refractivity contribution in [2.75, 3.05) is 14.2 Å². The fourth-order valence-electron chi connectivity index (χ4n) is 6.56. The lowest BCUT2D eigenvalue weighted by molar-refractivity contribution is -0.139. The minimum absolute atomic E-state index is 0.459. The summed E-state index contributed by atoms with van der Waals surface area (Å²) in [7, 11) is 3.31. The average Bonchev–Trinajstić information content (AvgIpc) is 3.20. The largest absolute Gasteiger partial charge is 0.495 e. The molecule has 0 bridgehead atoms. The maximum Gasteiger partial charge on any atom is 0.281 e. The van der Waals surface area contributed by atoms with E-state index in [0.29, 0.717) is 34.3 Å². The molecule has 0 fully saturated rings. The van der Waals surface area contributed by atoms with Gasteiger partial charge in [-0.2, -0.15) is 0 Å². The molecule has 50 heavy (non-hydrogen) atoms. The Morgan fingerprint density at radius 2 is 1.28 bits per heavy atom. The molecular weight excluding hydrogens is 620 g/mol. The second-order valence-corrected chi connectivity index (χ2v) is 11.7. The monoisotopic (exact) mass is 652 g/mol. The molecule has 0 saturated heterocycles. The number of nitrogens with zero attached hydrogens (tertiary/aromatic N) is 4. The molecule has 0 spiro atoms. The lowest BCUT2D eigenvalue weighted by Gasteiger charge is -2.35. The Kier molecular flexibility index (Phi) is 8.16. The number of pyridine rings is 2. The number of fused-ring (bicyclic) bond motifs is 2. The van der Waals surface area contributed by atoms with Crippen molar-refractivity contribution in [3.63, 3.8) is 0 Å². The topological polar surface area (TPSA) is 79.2 Å². The van der Waals surface area contributed by atoms with Crippen molar-refractivity contribution in [3.8, 4) is 45.3 Å². The molecule has 3 heterocycles. The summed E-state index contributed by atoms with van der Waals surface area (Å²) in [6.45, 7) is 0. The summed E-state index contributed by atoms with van der Waals surface area (Å²) in [5.74, 6) is 0.0325. The van der Waals surface area contributed by atoms with Gasteiger partial charge in [0.1, 0.15) is 17.2 Å². The number of hydrogen-bond acceptors (Lipinski definition) is 7. The van der Waals surface area contributed by atoms with Crippen molar-refractivity contribution in [1.82, 2.24) is 19.9 Å². The third-order valence-corrected chi connectivity index (χ3v) is 8.85. The van der Waals surface area contributed by atoms with Crippen molar-refractivity contribution in [2.45, 2.75) is 5.79 Å². The Labute approximate surface area is 289 Å². The normalized spacial score (nSPS) is 12.4. The first kappa shape index (κ1) is 30.9. The van der Waals surface area contributed by atoms with Gasteiger partial charge < -0.3 is 14.2 Å². The van der Waals surface area contributed by atoms with E-state index in [2.05, 4.69) is 12.1 Å². The van der Waals surface area contributed by atoms with E-state index < -0.39 is 5.79 Å². The number of benzene rings is 5. The summed E-state index contributed by atoms with van der Waals surface area (Å²) in [6, 6.07) is 45.9. The average molecular weight is 653 g/mol. The molecule has 0 N–H and O–H groups in total. The first-order valence-electron chi connectivity index (χ1n) is 16.3. The Hall–Kier alpha value is -6.44. The second-order valence-electron chi connectivity index (χ2n) is 11.7. The Morgan fingerprint density at radius 3 is 2.04 bits per heavy atom. The van der Waals surface area contributed by atoms with Gasteiger partial charge in [-0.1, -0.05) is 109 Å². The van der Waals surface area contributed by atoms with Crippen molar-refractivity contribution in [2.24, 2.45) is 0 Å². The van der Waals surface area contributed by atoms with Crippen LogP contribution in [0.5, 0.6) is 11.5 Å². The fraction of sp³-hybridized carbons (Fsp3) is 0.0698. The zero-order valence-corrected chi connectivity index (χ0v) is 27.5. The van der Waals surface area contributed by atoms with Crippen LogP contribution in [-0.4, -0.2) is 34.2 Å². The molecule has 8 aromatic rings. The Morgan fingerprint density at radius 1 is 0.580 bits per heavy atom. The number of ether oxygens (including phenoxy) is 3. The van der Waals surface area contributed by atoms with Gasteiger partial charge in [0.05, 0.1) is 23.9 Å². The van der Waals surface area contributed by atoms with Gasteiger partial charge in [0.15, 0.2) is 5.82 Å². The van der Waals surface area contributed by atoms with E-state index >= 15 is 0 Å².